The summed E-state index contributed by atoms with van der Waals surface area (Å²) in [7, 11) is 0. The van der Waals surface area contributed by atoms with Crippen LogP contribution in [0.25, 0.3) is 11.3 Å². The van der Waals surface area contributed by atoms with Crippen LogP contribution in [0.3, 0.4) is 0 Å². The second-order valence-electron chi connectivity index (χ2n) is 3.40. The normalized spacial score (nSPS) is 11.3. The minimum atomic E-state index is -4.72. The monoisotopic (exact) mass is 255 g/mol. The molecule has 0 bridgehead atoms. The molecular weight excluding hydrogens is 247 g/mol. The van der Waals surface area contributed by atoms with Gasteiger partial charge < -0.3 is 10.5 Å². The average molecular weight is 255 g/mol. The van der Waals surface area contributed by atoms with Crippen molar-refractivity contribution in [1.29, 1.82) is 0 Å². The van der Waals surface area contributed by atoms with Gasteiger partial charge in [0, 0.05) is 5.56 Å². The minimum Gasteiger partial charge on any atom is -0.406 e. The Morgan fingerprint density at radius 3 is 2.61 bits per heavy atom. The smallest absolute Gasteiger partial charge is 0.406 e. The van der Waals surface area contributed by atoms with Gasteiger partial charge in [0.1, 0.15) is 11.6 Å². The number of nitrogens with two attached hydrogens (primary N) is 1. The Bertz CT molecular complexity index is 557. The summed E-state index contributed by atoms with van der Waals surface area (Å²) in [6.07, 6.45) is -1.97. The van der Waals surface area contributed by atoms with Crippen LogP contribution in [0.5, 0.6) is 5.75 Å². The fourth-order valence-electron chi connectivity index (χ4n) is 1.37. The van der Waals surface area contributed by atoms with E-state index < -0.39 is 6.36 Å². The van der Waals surface area contributed by atoms with Gasteiger partial charge in [-0.3, -0.25) is 4.98 Å². The van der Waals surface area contributed by atoms with Crippen LogP contribution in [0.15, 0.2) is 36.7 Å². The molecule has 7 heteroatoms. The van der Waals surface area contributed by atoms with Gasteiger partial charge in [-0.05, 0) is 12.1 Å². The maximum atomic E-state index is 12.1. The zero-order valence-electron chi connectivity index (χ0n) is 8.98. The molecule has 4 nitrogen and oxygen atoms in total. The molecule has 0 aliphatic carbocycles. The number of ether oxygens (including phenoxy) is 1. The minimum absolute atomic E-state index is 0.189. The third-order valence-electron chi connectivity index (χ3n) is 2.02. The summed E-state index contributed by atoms with van der Waals surface area (Å²) in [6.45, 7) is 0. The number of hydrogen-bond donors (Lipinski definition) is 1. The van der Waals surface area contributed by atoms with Crippen molar-refractivity contribution in [2.24, 2.45) is 0 Å². The van der Waals surface area contributed by atoms with Crippen molar-refractivity contribution >= 4 is 5.82 Å². The summed E-state index contributed by atoms with van der Waals surface area (Å²) in [5, 5.41) is 0. The standard InChI is InChI=1S/C11H8F3N3O/c12-11(13,14)18-8-3-1-2-7(4-8)9-5-16-6-10(15)17-9/h1-6H,(H2,15,17). The summed E-state index contributed by atoms with van der Waals surface area (Å²) in [4.78, 5) is 7.77. The molecule has 2 aromatic rings. The first-order valence-corrected chi connectivity index (χ1v) is 4.88. The highest BCUT2D eigenvalue weighted by Crippen LogP contribution is 2.26. The Hall–Kier alpha value is -2.31. The van der Waals surface area contributed by atoms with Gasteiger partial charge in [0.2, 0.25) is 0 Å². The number of nitrogens with zero attached hydrogens (tertiary/aromatic N) is 2. The Morgan fingerprint density at radius 1 is 1.17 bits per heavy atom. The molecule has 0 amide bonds. The van der Waals surface area contributed by atoms with Crippen molar-refractivity contribution in [3.05, 3.63) is 36.7 Å². The molecule has 0 spiro atoms. The number of aromatic nitrogens is 2. The number of nitrogen functional groups attached to an aromatic ring is 1. The number of alkyl halides is 3. The molecule has 2 rings (SSSR count). The van der Waals surface area contributed by atoms with Crippen LogP contribution < -0.4 is 10.5 Å². The summed E-state index contributed by atoms with van der Waals surface area (Å²) in [5.74, 6) is -0.126. The van der Waals surface area contributed by atoms with E-state index in [1.54, 1.807) is 6.07 Å². The SMILES string of the molecule is Nc1cncc(-c2cccc(OC(F)(F)F)c2)n1. The summed E-state index contributed by atoms with van der Waals surface area (Å²) >= 11 is 0. The quantitative estimate of drug-likeness (QED) is 0.896. The largest absolute Gasteiger partial charge is 0.573 e. The molecule has 1 heterocycles. The lowest BCUT2D eigenvalue weighted by Crippen LogP contribution is -2.17. The highest BCUT2D eigenvalue weighted by Gasteiger charge is 2.31. The van der Waals surface area contributed by atoms with Crippen molar-refractivity contribution in [3.8, 4) is 17.0 Å². The van der Waals surface area contributed by atoms with E-state index in [1.807, 2.05) is 0 Å². The van der Waals surface area contributed by atoms with Crippen LogP contribution in [0, 0.1) is 0 Å². The van der Waals surface area contributed by atoms with Crippen molar-refractivity contribution < 1.29 is 17.9 Å². The highest BCUT2D eigenvalue weighted by molar-refractivity contribution is 5.61. The van der Waals surface area contributed by atoms with Gasteiger partial charge in [-0.2, -0.15) is 0 Å². The van der Waals surface area contributed by atoms with E-state index in [0.717, 1.165) is 0 Å². The maximum Gasteiger partial charge on any atom is 0.573 e. The van der Waals surface area contributed by atoms with E-state index in [9.17, 15) is 13.2 Å². The van der Waals surface area contributed by atoms with Gasteiger partial charge in [-0.1, -0.05) is 12.1 Å². The van der Waals surface area contributed by atoms with E-state index in [2.05, 4.69) is 14.7 Å². The fourth-order valence-corrected chi connectivity index (χ4v) is 1.37. The van der Waals surface area contributed by atoms with E-state index >= 15 is 0 Å². The van der Waals surface area contributed by atoms with Crippen LogP contribution in [-0.2, 0) is 0 Å². The second-order valence-corrected chi connectivity index (χ2v) is 3.40. The summed E-state index contributed by atoms with van der Waals surface area (Å²) < 4.78 is 40.0. The number of anilines is 1. The number of rotatable bonds is 2. The molecule has 94 valence electrons. The molecule has 1 aromatic heterocycles. The van der Waals surface area contributed by atoms with Crippen LogP contribution in [0.2, 0.25) is 0 Å². The van der Waals surface area contributed by atoms with Crippen LogP contribution >= 0.6 is 0 Å². The molecular formula is C11H8F3N3O. The molecule has 0 aliphatic rings. The van der Waals surface area contributed by atoms with Gasteiger partial charge in [0.05, 0.1) is 18.1 Å². The Morgan fingerprint density at radius 2 is 1.94 bits per heavy atom. The Labute approximate surface area is 100 Å². The predicted molar refractivity (Wildman–Crippen MR) is 58.6 cm³/mol. The maximum absolute atomic E-state index is 12.1. The van der Waals surface area contributed by atoms with Crippen molar-refractivity contribution in [1.82, 2.24) is 9.97 Å². The van der Waals surface area contributed by atoms with Crippen LogP contribution in [0.1, 0.15) is 0 Å². The van der Waals surface area contributed by atoms with E-state index in [4.69, 9.17) is 5.73 Å². The molecule has 18 heavy (non-hydrogen) atoms. The fraction of sp³-hybridized carbons (Fsp3) is 0.0909. The molecule has 0 unspecified atom stereocenters. The first-order chi connectivity index (χ1) is 8.44. The van der Waals surface area contributed by atoms with Crippen molar-refractivity contribution in [3.63, 3.8) is 0 Å². The number of halogens is 3. The van der Waals surface area contributed by atoms with Crippen LogP contribution in [-0.4, -0.2) is 16.3 Å². The van der Waals surface area contributed by atoms with Crippen molar-refractivity contribution in [2.75, 3.05) is 5.73 Å². The molecule has 0 atom stereocenters. The molecule has 2 N–H and O–H groups in total. The molecule has 1 aromatic carbocycles. The first-order valence-electron chi connectivity index (χ1n) is 4.88. The van der Waals surface area contributed by atoms with Gasteiger partial charge in [-0.15, -0.1) is 13.2 Å². The highest BCUT2D eigenvalue weighted by atomic mass is 19.4. The van der Waals surface area contributed by atoms with Crippen LogP contribution in [0.4, 0.5) is 19.0 Å². The van der Waals surface area contributed by atoms with E-state index in [-0.39, 0.29) is 11.6 Å². The summed E-state index contributed by atoms with van der Waals surface area (Å²) in [5.41, 5.74) is 6.27. The zero-order chi connectivity index (χ0) is 13.2. The Balaban J connectivity index is 2.33. The average Bonchev–Trinajstić information content (AvgIpc) is 2.27. The van der Waals surface area contributed by atoms with Gasteiger partial charge >= 0.3 is 6.36 Å². The molecule has 0 radical (unpaired) electrons. The van der Waals surface area contributed by atoms with Gasteiger partial charge in [0.15, 0.2) is 0 Å². The molecule has 0 saturated heterocycles. The number of hydrogen-bond acceptors (Lipinski definition) is 4. The predicted octanol–water partition coefficient (Wildman–Crippen LogP) is 2.62. The Kier molecular flexibility index (Phi) is 3.05. The summed E-state index contributed by atoms with van der Waals surface area (Å²) in [6, 6.07) is 5.45. The third-order valence-corrected chi connectivity index (χ3v) is 2.02. The molecule has 0 saturated carbocycles. The lowest BCUT2D eigenvalue weighted by Gasteiger charge is -2.09. The molecule has 0 aliphatic heterocycles. The van der Waals surface area contributed by atoms with E-state index in [1.165, 1.54) is 30.6 Å². The first kappa shape index (κ1) is 12.2. The lowest BCUT2D eigenvalue weighted by atomic mass is 10.1. The lowest BCUT2D eigenvalue weighted by molar-refractivity contribution is -0.274. The van der Waals surface area contributed by atoms with Crippen molar-refractivity contribution in [2.45, 2.75) is 6.36 Å². The topological polar surface area (TPSA) is 61.0 Å². The van der Waals surface area contributed by atoms with Gasteiger partial charge in [-0.25, -0.2) is 4.98 Å². The van der Waals surface area contributed by atoms with Gasteiger partial charge in [0.25, 0.3) is 0 Å². The third kappa shape index (κ3) is 3.09. The zero-order valence-corrected chi connectivity index (χ0v) is 8.98. The molecule has 0 fully saturated rings. The second kappa shape index (κ2) is 4.52. The number of benzene rings is 1. The van der Waals surface area contributed by atoms with E-state index in [0.29, 0.717) is 11.3 Å².